The van der Waals surface area contributed by atoms with Crippen LogP contribution in [0.3, 0.4) is 0 Å². The van der Waals surface area contributed by atoms with E-state index in [-0.39, 0.29) is 11.9 Å². The van der Waals surface area contributed by atoms with Crippen molar-refractivity contribution < 1.29 is 4.39 Å². The zero-order valence-electron chi connectivity index (χ0n) is 10.5. The van der Waals surface area contributed by atoms with Crippen LogP contribution >= 0.6 is 23.2 Å². The molecule has 19 heavy (non-hydrogen) atoms. The van der Waals surface area contributed by atoms with Crippen LogP contribution in [-0.4, -0.2) is 6.54 Å². The van der Waals surface area contributed by atoms with Crippen molar-refractivity contribution in [3.63, 3.8) is 0 Å². The van der Waals surface area contributed by atoms with Gasteiger partial charge in [0.15, 0.2) is 0 Å². The molecule has 2 aromatic rings. The molecule has 0 amide bonds. The Kier molecular flexibility index (Phi) is 4.81. The quantitative estimate of drug-likeness (QED) is 0.852. The second-order valence-corrected chi connectivity index (χ2v) is 5.06. The predicted molar refractivity (Wildman–Crippen MR) is 78.4 cm³/mol. The van der Waals surface area contributed by atoms with Gasteiger partial charge >= 0.3 is 0 Å². The molecule has 100 valence electrons. The Hall–Kier alpha value is -1.09. The van der Waals surface area contributed by atoms with E-state index in [1.807, 2.05) is 19.1 Å². The summed E-state index contributed by atoms with van der Waals surface area (Å²) in [6, 6.07) is 11.7. The lowest BCUT2D eigenvalue weighted by Gasteiger charge is -2.20. The van der Waals surface area contributed by atoms with Gasteiger partial charge in [0.2, 0.25) is 0 Å². The molecule has 0 aliphatic carbocycles. The maximum Gasteiger partial charge on any atom is 0.123 e. The van der Waals surface area contributed by atoms with Crippen LogP contribution in [0.4, 0.5) is 4.39 Å². The Morgan fingerprint density at radius 2 is 1.95 bits per heavy atom. The molecule has 0 saturated carbocycles. The number of halogens is 3. The molecule has 0 aromatic heterocycles. The minimum absolute atomic E-state index is 0.148. The molecule has 0 aliphatic heterocycles. The Balaban J connectivity index is 2.45. The molecule has 1 nitrogen and oxygen atoms in total. The van der Waals surface area contributed by atoms with E-state index in [0.29, 0.717) is 10.0 Å². The van der Waals surface area contributed by atoms with Crippen molar-refractivity contribution >= 4 is 23.2 Å². The minimum Gasteiger partial charge on any atom is -0.306 e. The van der Waals surface area contributed by atoms with E-state index in [9.17, 15) is 4.39 Å². The smallest absolute Gasteiger partial charge is 0.123 e. The van der Waals surface area contributed by atoms with E-state index in [4.69, 9.17) is 23.2 Å². The summed E-state index contributed by atoms with van der Waals surface area (Å²) in [5.74, 6) is -0.259. The number of hydrogen-bond acceptors (Lipinski definition) is 1. The molecule has 0 saturated heterocycles. The molecule has 4 heteroatoms. The third-order valence-corrected chi connectivity index (χ3v) is 3.43. The summed E-state index contributed by atoms with van der Waals surface area (Å²) in [6.07, 6.45) is 0. The van der Waals surface area contributed by atoms with Crippen molar-refractivity contribution in [2.45, 2.75) is 13.0 Å². The third-order valence-electron chi connectivity index (χ3n) is 2.86. The van der Waals surface area contributed by atoms with Crippen molar-refractivity contribution in [1.82, 2.24) is 5.32 Å². The SMILES string of the molecule is CCNC(c1cccc(F)c1)c1ccc(Cl)cc1Cl. The van der Waals surface area contributed by atoms with Gasteiger partial charge in [-0.05, 0) is 41.9 Å². The van der Waals surface area contributed by atoms with Crippen LogP contribution in [0.25, 0.3) is 0 Å². The van der Waals surface area contributed by atoms with E-state index >= 15 is 0 Å². The largest absolute Gasteiger partial charge is 0.306 e. The van der Waals surface area contributed by atoms with Gasteiger partial charge in [-0.2, -0.15) is 0 Å². The maximum atomic E-state index is 13.4. The molecule has 0 radical (unpaired) electrons. The molecule has 0 heterocycles. The Morgan fingerprint density at radius 1 is 1.16 bits per heavy atom. The van der Waals surface area contributed by atoms with Gasteiger partial charge in [-0.15, -0.1) is 0 Å². The number of rotatable bonds is 4. The topological polar surface area (TPSA) is 12.0 Å². The van der Waals surface area contributed by atoms with Crippen LogP contribution in [0.15, 0.2) is 42.5 Å². The summed E-state index contributed by atoms with van der Waals surface area (Å²) in [7, 11) is 0. The summed E-state index contributed by atoms with van der Waals surface area (Å²) >= 11 is 12.1. The Labute approximate surface area is 122 Å². The van der Waals surface area contributed by atoms with Gasteiger partial charge in [0.05, 0.1) is 6.04 Å². The second-order valence-electron chi connectivity index (χ2n) is 4.21. The normalized spacial score (nSPS) is 12.4. The zero-order chi connectivity index (χ0) is 13.8. The fourth-order valence-electron chi connectivity index (χ4n) is 2.03. The van der Waals surface area contributed by atoms with Gasteiger partial charge in [0.1, 0.15) is 5.82 Å². The summed E-state index contributed by atoms with van der Waals surface area (Å²) in [5.41, 5.74) is 1.73. The van der Waals surface area contributed by atoms with Gasteiger partial charge in [0.25, 0.3) is 0 Å². The van der Waals surface area contributed by atoms with E-state index in [1.165, 1.54) is 12.1 Å². The number of benzene rings is 2. The minimum atomic E-state index is -0.259. The summed E-state index contributed by atoms with van der Waals surface area (Å²) in [5, 5.41) is 4.47. The molecule has 0 bridgehead atoms. The summed E-state index contributed by atoms with van der Waals surface area (Å²) in [6.45, 7) is 2.75. The van der Waals surface area contributed by atoms with E-state index in [0.717, 1.165) is 17.7 Å². The zero-order valence-corrected chi connectivity index (χ0v) is 12.0. The van der Waals surface area contributed by atoms with Crippen molar-refractivity contribution in [3.05, 3.63) is 69.5 Å². The molecule has 0 spiro atoms. The lowest BCUT2D eigenvalue weighted by molar-refractivity contribution is 0.603. The first-order valence-corrected chi connectivity index (χ1v) is 6.81. The molecule has 2 aromatic carbocycles. The Morgan fingerprint density at radius 3 is 2.58 bits per heavy atom. The van der Waals surface area contributed by atoms with Crippen molar-refractivity contribution in [3.8, 4) is 0 Å². The average Bonchev–Trinajstić information content (AvgIpc) is 2.37. The molecule has 1 N–H and O–H groups in total. The first kappa shape index (κ1) is 14.3. The van der Waals surface area contributed by atoms with Gasteiger partial charge < -0.3 is 5.32 Å². The van der Waals surface area contributed by atoms with Gasteiger partial charge in [-0.25, -0.2) is 4.39 Å². The van der Waals surface area contributed by atoms with E-state index in [1.54, 1.807) is 18.2 Å². The summed E-state index contributed by atoms with van der Waals surface area (Å²) in [4.78, 5) is 0. The first-order chi connectivity index (χ1) is 9.11. The highest BCUT2D eigenvalue weighted by atomic mass is 35.5. The van der Waals surface area contributed by atoms with E-state index < -0.39 is 0 Å². The number of nitrogens with one attached hydrogen (secondary N) is 1. The number of hydrogen-bond donors (Lipinski definition) is 1. The Bertz CT molecular complexity index is 572. The molecular formula is C15H14Cl2FN. The van der Waals surface area contributed by atoms with Crippen LogP contribution < -0.4 is 5.32 Å². The van der Waals surface area contributed by atoms with Gasteiger partial charge in [-0.3, -0.25) is 0 Å². The fraction of sp³-hybridized carbons (Fsp3) is 0.200. The maximum absolute atomic E-state index is 13.4. The van der Waals surface area contributed by atoms with Gasteiger partial charge in [0, 0.05) is 10.0 Å². The highest BCUT2D eigenvalue weighted by Gasteiger charge is 2.16. The standard InChI is InChI=1S/C15H14Cl2FN/c1-2-19-15(10-4-3-5-12(18)8-10)13-7-6-11(16)9-14(13)17/h3-9,15,19H,2H2,1H3. The molecular weight excluding hydrogens is 284 g/mol. The molecule has 0 fully saturated rings. The van der Waals surface area contributed by atoms with E-state index in [2.05, 4.69) is 5.32 Å². The highest BCUT2D eigenvalue weighted by Crippen LogP contribution is 2.30. The van der Waals surface area contributed by atoms with Crippen LogP contribution in [0, 0.1) is 5.82 Å². The molecule has 2 rings (SSSR count). The van der Waals surface area contributed by atoms with Crippen LogP contribution in [0.5, 0.6) is 0 Å². The third kappa shape index (κ3) is 3.47. The predicted octanol–water partition coefficient (Wildman–Crippen LogP) is 4.83. The van der Waals surface area contributed by atoms with Crippen LogP contribution in [0.2, 0.25) is 10.0 Å². The summed E-state index contributed by atoms with van der Waals surface area (Å²) < 4.78 is 13.4. The van der Waals surface area contributed by atoms with Crippen molar-refractivity contribution in [2.75, 3.05) is 6.54 Å². The first-order valence-electron chi connectivity index (χ1n) is 6.05. The second kappa shape index (κ2) is 6.38. The highest BCUT2D eigenvalue weighted by molar-refractivity contribution is 6.35. The fourth-order valence-corrected chi connectivity index (χ4v) is 2.55. The average molecular weight is 298 g/mol. The molecule has 1 unspecified atom stereocenters. The van der Waals surface area contributed by atoms with Gasteiger partial charge in [-0.1, -0.05) is 48.3 Å². The van der Waals surface area contributed by atoms with Crippen molar-refractivity contribution in [2.24, 2.45) is 0 Å². The van der Waals surface area contributed by atoms with Crippen LogP contribution in [0.1, 0.15) is 24.1 Å². The lowest BCUT2D eigenvalue weighted by atomic mass is 9.98. The monoisotopic (exact) mass is 297 g/mol. The lowest BCUT2D eigenvalue weighted by Crippen LogP contribution is -2.22. The molecule has 0 aliphatic rings. The van der Waals surface area contributed by atoms with Crippen molar-refractivity contribution in [1.29, 1.82) is 0 Å². The van der Waals surface area contributed by atoms with Crippen LogP contribution in [-0.2, 0) is 0 Å². The molecule has 1 atom stereocenters.